The molecule has 2 rings (SSSR count). The van der Waals surface area contributed by atoms with Crippen LogP contribution in [0, 0.1) is 11.3 Å². The number of hydrogen-bond acceptors (Lipinski definition) is 6. The molecule has 1 N–H and O–H groups in total. The number of halogens is 1. The van der Waals surface area contributed by atoms with Gasteiger partial charge in [-0.1, -0.05) is 23.7 Å². The van der Waals surface area contributed by atoms with E-state index >= 15 is 0 Å². The number of anilines is 1. The second-order valence-electron chi connectivity index (χ2n) is 5.33. The van der Waals surface area contributed by atoms with Crippen LogP contribution in [0.4, 0.5) is 10.5 Å². The minimum atomic E-state index is -0.859. The largest absolute Gasteiger partial charge is 0.513 e. The van der Waals surface area contributed by atoms with Gasteiger partial charge in [-0.3, -0.25) is 4.79 Å². The molecule has 0 fully saturated rings. The highest BCUT2D eigenvalue weighted by Gasteiger charge is 2.13. The van der Waals surface area contributed by atoms with E-state index in [0.717, 1.165) is 0 Å². The number of carbonyl (C=O) groups is 2. The van der Waals surface area contributed by atoms with Gasteiger partial charge in [0.05, 0.1) is 13.7 Å². The molecule has 28 heavy (non-hydrogen) atoms. The van der Waals surface area contributed by atoms with Crippen LogP contribution in [0.3, 0.4) is 0 Å². The molecular weight excluding hydrogens is 384 g/mol. The fourth-order valence-electron chi connectivity index (χ4n) is 2.18. The van der Waals surface area contributed by atoms with Gasteiger partial charge in [0, 0.05) is 10.7 Å². The third-order valence-corrected chi connectivity index (χ3v) is 3.64. The maximum Gasteiger partial charge on any atom is 0.513 e. The molecule has 0 spiro atoms. The van der Waals surface area contributed by atoms with Crippen LogP contribution in [0.5, 0.6) is 11.5 Å². The van der Waals surface area contributed by atoms with Crippen molar-refractivity contribution in [2.75, 3.05) is 19.0 Å². The number of benzene rings is 2. The van der Waals surface area contributed by atoms with Gasteiger partial charge in [-0.15, -0.1) is 0 Å². The van der Waals surface area contributed by atoms with E-state index in [0.29, 0.717) is 16.3 Å². The first-order chi connectivity index (χ1) is 13.5. The molecule has 2 aromatic rings. The first-order valence-electron chi connectivity index (χ1n) is 8.18. The fraction of sp³-hybridized carbons (Fsp3) is 0.150. The Hall–Kier alpha value is -3.50. The van der Waals surface area contributed by atoms with Crippen molar-refractivity contribution in [1.29, 1.82) is 5.26 Å². The molecule has 0 aliphatic carbocycles. The maximum atomic E-state index is 12.3. The van der Waals surface area contributed by atoms with Crippen molar-refractivity contribution < 1.29 is 23.8 Å². The highest BCUT2D eigenvalue weighted by Crippen LogP contribution is 2.29. The molecule has 0 aliphatic rings. The Balaban J connectivity index is 2.22. The van der Waals surface area contributed by atoms with Crippen molar-refractivity contribution >= 4 is 35.4 Å². The highest BCUT2D eigenvalue weighted by atomic mass is 35.5. The number of nitriles is 1. The zero-order valence-corrected chi connectivity index (χ0v) is 15.9. The van der Waals surface area contributed by atoms with Crippen LogP contribution >= 0.6 is 11.6 Å². The van der Waals surface area contributed by atoms with E-state index in [9.17, 15) is 14.9 Å². The lowest BCUT2D eigenvalue weighted by atomic mass is 10.1. The SMILES string of the molecule is CCOC(=O)Oc1ccc(/C=C(\C#N)C(=O)Nc2cccc(Cl)c2)cc1OC. The number of ether oxygens (including phenoxy) is 3. The summed E-state index contributed by atoms with van der Waals surface area (Å²) in [5.74, 6) is -0.190. The van der Waals surface area contributed by atoms with Crippen LogP contribution in [0.2, 0.25) is 5.02 Å². The second kappa shape index (κ2) is 10.00. The molecule has 0 saturated carbocycles. The number of amides is 1. The Bertz CT molecular complexity index is 950. The molecule has 0 aliphatic heterocycles. The van der Waals surface area contributed by atoms with Gasteiger partial charge >= 0.3 is 6.16 Å². The summed E-state index contributed by atoms with van der Waals surface area (Å²) in [6.45, 7) is 1.83. The topological polar surface area (TPSA) is 97.7 Å². The van der Waals surface area contributed by atoms with Gasteiger partial charge in [-0.2, -0.15) is 5.26 Å². The molecule has 1 amide bonds. The molecule has 0 radical (unpaired) electrons. The third-order valence-electron chi connectivity index (χ3n) is 3.40. The van der Waals surface area contributed by atoms with Crippen LogP contribution in [-0.4, -0.2) is 25.8 Å². The summed E-state index contributed by atoms with van der Waals surface area (Å²) in [6, 6.07) is 13.0. The van der Waals surface area contributed by atoms with E-state index in [2.05, 4.69) is 5.32 Å². The van der Waals surface area contributed by atoms with Crippen molar-refractivity contribution in [2.24, 2.45) is 0 Å². The lowest BCUT2D eigenvalue weighted by Gasteiger charge is -2.10. The van der Waals surface area contributed by atoms with E-state index in [-0.39, 0.29) is 23.7 Å². The van der Waals surface area contributed by atoms with Gasteiger partial charge < -0.3 is 19.5 Å². The normalized spacial score (nSPS) is 10.6. The monoisotopic (exact) mass is 400 g/mol. The summed E-state index contributed by atoms with van der Waals surface area (Å²) in [7, 11) is 1.40. The Morgan fingerprint density at radius 3 is 2.64 bits per heavy atom. The average molecular weight is 401 g/mol. The Labute approximate surface area is 167 Å². The number of hydrogen-bond donors (Lipinski definition) is 1. The van der Waals surface area contributed by atoms with E-state index in [1.165, 1.54) is 25.3 Å². The van der Waals surface area contributed by atoms with E-state index in [4.69, 9.17) is 25.8 Å². The molecule has 0 unspecified atom stereocenters. The van der Waals surface area contributed by atoms with E-state index in [1.807, 2.05) is 6.07 Å². The summed E-state index contributed by atoms with van der Waals surface area (Å²) in [5, 5.41) is 12.4. The van der Waals surface area contributed by atoms with E-state index < -0.39 is 12.1 Å². The molecule has 0 atom stereocenters. The molecule has 144 valence electrons. The summed E-state index contributed by atoms with van der Waals surface area (Å²) >= 11 is 5.89. The summed E-state index contributed by atoms with van der Waals surface area (Å²) in [5.41, 5.74) is 0.848. The van der Waals surface area contributed by atoms with Crippen molar-refractivity contribution in [2.45, 2.75) is 6.92 Å². The minimum absolute atomic E-state index is 0.124. The quantitative estimate of drug-likeness (QED) is 0.333. The van der Waals surface area contributed by atoms with Gasteiger partial charge in [-0.25, -0.2) is 4.79 Å². The van der Waals surface area contributed by atoms with Gasteiger partial charge in [0.15, 0.2) is 11.5 Å². The second-order valence-corrected chi connectivity index (χ2v) is 5.77. The average Bonchev–Trinajstić information content (AvgIpc) is 2.67. The van der Waals surface area contributed by atoms with Crippen LogP contribution in [0.1, 0.15) is 12.5 Å². The molecular formula is C20H17ClN2O5. The smallest absolute Gasteiger partial charge is 0.493 e. The molecule has 0 heterocycles. The van der Waals surface area contributed by atoms with Gasteiger partial charge in [0.25, 0.3) is 5.91 Å². The first kappa shape index (κ1) is 20.8. The molecule has 0 saturated heterocycles. The molecule has 7 nitrogen and oxygen atoms in total. The predicted molar refractivity (Wildman–Crippen MR) is 104 cm³/mol. The molecule has 2 aromatic carbocycles. The Morgan fingerprint density at radius 2 is 2.00 bits per heavy atom. The van der Waals surface area contributed by atoms with Crippen LogP contribution < -0.4 is 14.8 Å². The Morgan fingerprint density at radius 1 is 1.21 bits per heavy atom. The maximum absolute atomic E-state index is 12.3. The number of carbonyl (C=O) groups excluding carboxylic acids is 2. The highest BCUT2D eigenvalue weighted by molar-refractivity contribution is 6.31. The number of nitrogens with one attached hydrogen (secondary N) is 1. The zero-order valence-electron chi connectivity index (χ0n) is 15.2. The Kier molecular flexibility index (Phi) is 7.43. The predicted octanol–water partition coefficient (Wildman–Crippen LogP) is 4.43. The molecule has 0 bridgehead atoms. The van der Waals surface area contributed by atoms with Gasteiger partial charge in [0.2, 0.25) is 0 Å². The van der Waals surface area contributed by atoms with Gasteiger partial charge in [-0.05, 0) is 48.9 Å². The van der Waals surface area contributed by atoms with E-state index in [1.54, 1.807) is 37.3 Å². The zero-order chi connectivity index (χ0) is 20.5. The standard InChI is InChI=1S/C20H17ClN2O5/c1-3-27-20(25)28-17-8-7-13(10-18(17)26-2)9-14(12-22)19(24)23-16-6-4-5-15(21)11-16/h4-11H,3H2,1-2H3,(H,23,24)/b14-9+. The first-order valence-corrected chi connectivity index (χ1v) is 8.56. The van der Waals surface area contributed by atoms with Crippen LogP contribution in [0.25, 0.3) is 6.08 Å². The fourth-order valence-corrected chi connectivity index (χ4v) is 2.37. The lowest BCUT2D eigenvalue weighted by Crippen LogP contribution is -2.13. The van der Waals surface area contributed by atoms with Crippen LogP contribution in [0.15, 0.2) is 48.0 Å². The van der Waals surface area contributed by atoms with Gasteiger partial charge in [0.1, 0.15) is 11.6 Å². The number of rotatable bonds is 6. The summed E-state index contributed by atoms with van der Waals surface area (Å²) < 4.78 is 14.9. The lowest BCUT2D eigenvalue weighted by molar-refractivity contribution is -0.112. The summed E-state index contributed by atoms with van der Waals surface area (Å²) in [6.07, 6.45) is 0.527. The van der Waals surface area contributed by atoms with Crippen molar-refractivity contribution in [3.63, 3.8) is 0 Å². The third kappa shape index (κ3) is 5.76. The number of nitrogens with zero attached hydrogens (tertiary/aromatic N) is 1. The molecule has 8 heteroatoms. The number of methoxy groups -OCH3 is 1. The van der Waals surface area contributed by atoms with Crippen molar-refractivity contribution in [3.8, 4) is 17.6 Å². The minimum Gasteiger partial charge on any atom is -0.493 e. The van der Waals surface area contributed by atoms with Crippen molar-refractivity contribution in [1.82, 2.24) is 0 Å². The molecule has 0 aromatic heterocycles. The van der Waals surface area contributed by atoms with Crippen molar-refractivity contribution in [3.05, 3.63) is 58.6 Å². The summed E-state index contributed by atoms with van der Waals surface area (Å²) in [4.78, 5) is 23.8. The van der Waals surface area contributed by atoms with Crippen LogP contribution in [-0.2, 0) is 9.53 Å².